The van der Waals surface area contributed by atoms with E-state index in [9.17, 15) is 0 Å². The van der Waals surface area contributed by atoms with Gasteiger partial charge in [0.25, 0.3) is 0 Å². The van der Waals surface area contributed by atoms with Gasteiger partial charge in [-0.2, -0.15) is 0 Å². The normalized spacial score (nSPS) is 12.1. The summed E-state index contributed by atoms with van der Waals surface area (Å²) in [5, 5.41) is 0. The topological polar surface area (TPSA) is 0 Å². The monoisotopic (exact) mass is 212 g/mol. The standard InChI is InChI=1S/C10H18.C3H8.C2H6/c1-5-9(3)7-8-10(4)6-2;1-3-2;1-2/h5-6,9-10H,1-2,7-8H2,3-4H3;3H2,1-2H3;1-2H3. The van der Waals surface area contributed by atoms with E-state index < -0.39 is 0 Å². The zero-order valence-corrected chi connectivity index (χ0v) is 11.8. The molecule has 0 N–H and O–H groups in total. The smallest absolute Gasteiger partial charge is 0.0264 e. The van der Waals surface area contributed by atoms with Crippen LogP contribution in [0.25, 0.3) is 0 Å². The Morgan fingerprint density at radius 3 is 1.20 bits per heavy atom. The van der Waals surface area contributed by atoms with E-state index in [1.165, 1.54) is 19.3 Å². The highest BCUT2D eigenvalue weighted by Crippen LogP contribution is 2.12. The highest BCUT2D eigenvalue weighted by molar-refractivity contribution is 4.79. The van der Waals surface area contributed by atoms with Crippen LogP contribution in [0, 0.1) is 11.8 Å². The van der Waals surface area contributed by atoms with Crippen LogP contribution in [0.3, 0.4) is 0 Å². The number of rotatable bonds is 5. The third-order valence-electron chi connectivity index (χ3n) is 1.88. The highest BCUT2D eigenvalue weighted by atomic mass is 14.0. The molecule has 92 valence electrons. The van der Waals surface area contributed by atoms with Crippen molar-refractivity contribution < 1.29 is 0 Å². The highest BCUT2D eigenvalue weighted by Gasteiger charge is 1.99. The average molecular weight is 212 g/mol. The van der Waals surface area contributed by atoms with Gasteiger partial charge in [0, 0.05) is 0 Å². The number of allylic oxidation sites excluding steroid dienone is 2. The minimum atomic E-state index is 0.655. The van der Waals surface area contributed by atoms with E-state index in [0.29, 0.717) is 11.8 Å². The van der Waals surface area contributed by atoms with Gasteiger partial charge in [-0.3, -0.25) is 0 Å². The molecule has 0 aliphatic heterocycles. The maximum Gasteiger partial charge on any atom is -0.0264 e. The second-order valence-corrected chi connectivity index (χ2v) is 3.71. The molecular weight excluding hydrogens is 180 g/mol. The summed E-state index contributed by atoms with van der Waals surface area (Å²) in [7, 11) is 0. The zero-order chi connectivity index (χ0) is 12.7. The quantitative estimate of drug-likeness (QED) is 0.501. The van der Waals surface area contributed by atoms with Crippen LogP contribution in [0.1, 0.15) is 60.8 Å². The van der Waals surface area contributed by atoms with E-state index in [1.807, 2.05) is 26.0 Å². The molecule has 0 nitrogen and oxygen atoms in total. The van der Waals surface area contributed by atoms with Gasteiger partial charge in [-0.05, 0) is 24.7 Å². The molecule has 2 atom stereocenters. The second kappa shape index (κ2) is 19.1. The van der Waals surface area contributed by atoms with Crippen molar-refractivity contribution in [1.82, 2.24) is 0 Å². The molecule has 0 aliphatic carbocycles. The van der Waals surface area contributed by atoms with Crippen LogP contribution in [0.15, 0.2) is 25.3 Å². The van der Waals surface area contributed by atoms with Gasteiger partial charge < -0.3 is 0 Å². The SMILES string of the molecule is C=CC(C)CCC(C)C=C.CC.CCC. The lowest BCUT2D eigenvalue weighted by molar-refractivity contribution is 0.536. The van der Waals surface area contributed by atoms with E-state index in [1.54, 1.807) is 0 Å². The largest absolute Gasteiger partial charge is 0.103 e. The van der Waals surface area contributed by atoms with E-state index in [4.69, 9.17) is 0 Å². The number of hydrogen-bond acceptors (Lipinski definition) is 0. The van der Waals surface area contributed by atoms with Crippen molar-refractivity contribution in [2.75, 3.05) is 0 Å². The Hall–Kier alpha value is -0.520. The molecule has 0 rings (SSSR count). The lowest BCUT2D eigenvalue weighted by Crippen LogP contribution is -1.94. The van der Waals surface area contributed by atoms with Gasteiger partial charge in [0.1, 0.15) is 0 Å². The fourth-order valence-corrected chi connectivity index (χ4v) is 0.761. The minimum Gasteiger partial charge on any atom is -0.103 e. The molecule has 15 heavy (non-hydrogen) atoms. The summed E-state index contributed by atoms with van der Waals surface area (Å²) in [4.78, 5) is 0. The summed E-state index contributed by atoms with van der Waals surface area (Å²) in [6.45, 7) is 20.1. The van der Waals surface area contributed by atoms with Crippen molar-refractivity contribution in [3.63, 3.8) is 0 Å². The van der Waals surface area contributed by atoms with Crippen LogP contribution < -0.4 is 0 Å². The minimum absolute atomic E-state index is 0.655. The summed E-state index contributed by atoms with van der Waals surface area (Å²) in [5.74, 6) is 1.31. The first-order valence-corrected chi connectivity index (χ1v) is 6.37. The predicted octanol–water partition coefficient (Wildman–Crippen LogP) is 5.85. The fraction of sp³-hybridized carbons (Fsp3) is 0.733. The van der Waals surface area contributed by atoms with E-state index in [-0.39, 0.29) is 0 Å². The first-order valence-electron chi connectivity index (χ1n) is 6.37. The summed E-state index contributed by atoms with van der Waals surface area (Å²) in [6, 6.07) is 0. The van der Waals surface area contributed by atoms with Crippen molar-refractivity contribution in [3.8, 4) is 0 Å². The molecule has 0 saturated carbocycles. The maximum atomic E-state index is 3.74. The summed E-state index contributed by atoms with van der Waals surface area (Å²) >= 11 is 0. The molecule has 0 bridgehead atoms. The Morgan fingerprint density at radius 1 is 0.867 bits per heavy atom. The molecule has 0 heterocycles. The molecule has 0 radical (unpaired) electrons. The first-order chi connectivity index (χ1) is 7.12. The van der Waals surface area contributed by atoms with Gasteiger partial charge in [-0.25, -0.2) is 0 Å². The molecule has 0 aromatic heterocycles. The Morgan fingerprint density at radius 2 is 1.07 bits per heavy atom. The first kappa shape index (κ1) is 20.0. The van der Waals surface area contributed by atoms with Crippen molar-refractivity contribution in [1.29, 1.82) is 0 Å². The lowest BCUT2D eigenvalue weighted by atomic mass is 9.98. The van der Waals surface area contributed by atoms with Crippen LogP contribution in [0.4, 0.5) is 0 Å². The predicted molar refractivity (Wildman–Crippen MR) is 75.3 cm³/mol. The molecule has 0 aromatic carbocycles. The summed E-state index contributed by atoms with van der Waals surface area (Å²) < 4.78 is 0. The molecule has 2 unspecified atom stereocenters. The van der Waals surface area contributed by atoms with Gasteiger partial charge in [0.2, 0.25) is 0 Å². The lowest BCUT2D eigenvalue weighted by Gasteiger charge is -2.07. The van der Waals surface area contributed by atoms with Gasteiger partial charge in [0.15, 0.2) is 0 Å². The van der Waals surface area contributed by atoms with Crippen LogP contribution in [0.2, 0.25) is 0 Å². The van der Waals surface area contributed by atoms with Crippen LogP contribution in [-0.2, 0) is 0 Å². The van der Waals surface area contributed by atoms with E-state index >= 15 is 0 Å². The maximum absolute atomic E-state index is 3.74. The van der Waals surface area contributed by atoms with Gasteiger partial charge in [-0.15, -0.1) is 13.2 Å². The van der Waals surface area contributed by atoms with Crippen molar-refractivity contribution in [2.24, 2.45) is 11.8 Å². The van der Waals surface area contributed by atoms with Crippen LogP contribution in [0.5, 0.6) is 0 Å². The molecule has 0 spiro atoms. The van der Waals surface area contributed by atoms with Crippen molar-refractivity contribution >= 4 is 0 Å². The Kier molecular flexibility index (Phi) is 25.4. The average Bonchev–Trinajstić information content (AvgIpc) is 2.29. The van der Waals surface area contributed by atoms with E-state index in [2.05, 4.69) is 40.9 Å². The third-order valence-corrected chi connectivity index (χ3v) is 1.88. The van der Waals surface area contributed by atoms with Crippen LogP contribution >= 0.6 is 0 Å². The van der Waals surface area contributed by atoms with E-state index in [0.717, 1.165) is 0 Å². The molecular formula is C15H32. The molecule has 0 aromatic rings. The fourth-order valence-electron chi connectivity index (χ4n) is 0.761. The summed E-state index contributed by atoms with van der Waals surface area (Å²) in [5.41, 5.74) is 0. The Labute approximate surface area is 98.5 Å². The van der Waals surface area contributed by atoms with Gasteiger partial charge >= 0.3 is 0 Å². The van der Waals surface area contributed by atoms with Crippen molar-refractivity contribution in [2.45, 2.75) is 60.8 Å². The van der Waals surface area contributed by atoms with Gasteiger partial charge in [0.05, 0.1) is 0 Å². The molecule has 0 amide bonds. The second-order valence-electron chi connectivity index (χ2n) is 3.71. The molecule has 0 saturated heterocycles. The van der Waals surface area contributed by atoms with Gasteiger partial charge in [-0.1, -0.05) is 60.1 Å². The number of hydrogen-bond donors (Lipinski definition) is 0. The van der Waals surface area contributed by atoms with Crippen molar-refractivity contribution in [3.05, 3.63) is 25.3 Å². The Balaban J connectivity index is -0.000000245. The Bertz CT molecular complexity index is 99.2. The molecule has 0 fully saturated rings. The van der Waals surface area contributed by atoms with Crippen LogP contribution in [-0.4, -0.2) is 0 Å². The molecule has 0 aliphatic rings. The summed E-state index contributed by atoms with van der Waals surface area (Å²) in [6.07, 6.45) is 7.74. The molecule has 0 heteroatoms. The zero-order valence-electron chi connectivity index (χ0n) is 11.8. The third kappa shape index (κ3) is 24.7.